The number of sulfonamides is 1. The van der Waals surface area contributed by atoms with Gasteiger partial charge in [0.15, 0.2) is 0 Å². The van der Waals surface area contributed by atoms with Crippen molar-refractivity contribution >= 4 is 44.6 Å². The first-order valence-corrected chi connectivity index (χ1v) is 7.99. The molecule has 0 aliphatic carbocycles. The lowest BCUT2D eigenvalue weighted by atomic mass is 10.3. The van der Waals surface area contributed by atoms with Crippen molar-refractivity contribution in [2.45, 2.75) is 4.90 Å². The Kier molecular flexibility index (Phi) is 4.51. The van der Waals surface area contributed by atoms with Gasteiger partial charge in [-0.25, -0.2) is 8.42 Å². The normalized spacial score (nSPS) is 11.2. The molecule has 0 aromatic heterocycles. The van der Waals surface area contributed by atoms with Crippen molar-refractivity contribution in [2.75, 3.05) is 17.6 Å². The summed E-state index contributed by atoms with van der Waals surface area (Å²) in [4.78, 5) is 0.0107. The van der Waals surface area contributed by atoms with Crippen LogP contribution in [0.4, 0.5) is 11.4 Å². The highest BCUT2D eigenvalue weighted by Crippen LogP contribution is 2.33. The number of anilines is 2. The SMILES string of the molecule is COc1ccccc1S(=O)(=O)Nc1cc(Cl)c(N)c(Cl)c1. The molecule has 112 valence electrons. The second-order valence-corrected chi connectivity index (χ2v) is 6.58. The Morgan fingerprint density at radius 2 is 1.71 bits per heavy atom. The van der Waals surface area contributed by atoms with Crippen molar-refractivity contribution in [2.24, 2.45) is 0 Å². The highest BCUT2D eigenvalue weighted by atomic mass is 35.5. The minimum absolute atomic E-state index is 0.0107. The molecule has 0 radical (unpaired) electrons. The lowest BCUT2D eigenvalue weighted by Crippen LogP contribution is -2.14. The van der Waals surface area contributed by atoms with Crippen LogP contribution in [0.3, 0.4) is 0 Å². The van der Waals surface area contributed by atoms with E-state index in [9.17, 15) is 8.42 Å². The van der Waals surface area contributed by atoms with Crippen LogP contribution in [0.1, 0.15) is 0 Å². The molecule has 0 bridgehead atoms. The van der Waals surface area contributed by atoms with E-state index in [1.165, 1.54) is 25.3 Å². The molecule has 0 spiro atoms. The molecule has 0 amide bonds. The van der Waals surface area contributed by atoms with Crippen LogP contribution in [-0.2, 0) is 10.0 Å². The molecular weight excluding hydrogens is 335 g/mol. The molecule has 0 unspecified atom stereocenters. The number of nitrogens with one attached hydrogen (secondary N) is 1. The maximum absolute atomic E-state index is 12.4. The Hall–Kier alpha value is -1.63. The molecule has 21 heavy (non-hydrogen) atoms. The fourth-order valence-corrected chi connectivity index (χ4v) is 3.39. The summed E-state index contributed by atoms with van der Waals surface area (Å²) in [6.45, 7) is 0. The van der Waals surface area contributed by atoms with E-state index in [1.54, 1.807) is 18.2 Å². The number of benzene rings is 2. The fourth-order valence-electron chi connectivity index (χ4n) is 1.69. The molecule has 5 nitrogen and oxygen atoms in total. The monoisotopic (exact) mass is 346 g/mol. The van der Waals surface area contributed by atoms with Gasteiger partial charge in [0.25, 0.3) is 10.0 Å². The zero-order chi connectivity index (χ0) is 15.6. The maximum atomic E-state index is 12.4. The first-order valence-electron chi connectivity index (χ1n) is 5.75. The third-order valence-electron chi connectivity index (χ3n) is 2.69. The van der Waals surface area contributed by atoms with E-state index >= 15 is 0 Å². The minimum Gasteiger partial charge on any atom is -0.495 e. The van der Waals surface area contributed by atoms with Crippen molar-refractivity contribution in [3.05, 3.63) is 46.4 Å². The predicted molar refractivity (Wildman–Crippen MR) is 84.7 cm³/mol. The van der Waals surface area contributed by atoms with Crippen molar-refractivity contribution in [1.82, 2.24) is 0 Å². The zero-order valence-electron chi connectivity index (χ0n) is 10.9. The van der Waals surface area contributed by atoms with E-state index in [0.29, 0.717) is 0 Å². The summed E-state index contributed by atoms with van der Waals surface area (Å²) in [7, 11) is -2.44. The number of nitrogen functional groups attached to an aromatic ring is 1. The summed E-state index contributed by atoms with van der Waals surface area (Å²) < 4.78 is 32.2. The van der Waals surface area contributed by atoms with Gasteiger partial charge in [0.1, 0.15) is 10.6 Å². The number of ether oxygens (including phenoxy) is 1. The highest BCUT2D eigenvalue weighted by molar-refractivity contribution is 7.92. The maximum Gasteiger partial charge on any atom is 0.265 e. The molecular formula is C13H12Cl2N2O3S. The minimum atomic E-state index is -3.84. The summed E-state index contributed by atoms with van der Waals surface area (Å²) in [6.07, 6.45) is 0. The van der Waals surface area contributed by atoms with Gasteiger partial charge in [-0.05, 0) is 24.3 Å². The Balaban J connectivity index is 2.42. The second kappa shape index (κ2) is 6.01. The zero-order valence-corrected chi connectivity index (χ0v) is 13.3. The first-order chi connectivity index (χ1) is 9.85. The number of methoxy groups -OCH3 is 1. The van der Waals surface area contributed by atoms with Crippen molar-refractivity contribution in [3.63, 3.8) is 0 Å². The van der Waals surface area contributed by atoms with Gasteiger partial charge in [0, 0.05) is 0 Å². The Bertz CT molecular complexity index is 756. The van der Waals surface area contributed by atoms with Gasteiger partial charge in [-0.15, -0.1) is 0 Å². The summed E-state index contributed by atoms with van der Waals surface area (Å²) >= 11 is 11.8. The molecule has 2 aromatic carbocycles. The van der Waals surface area contributed by atoms with Gasteiger partial charge in [-0.3, -0.25) is 4.72 Å². The van der Waals surface area contributed by atoms with Crippen LogP contribution in [0.15, 0.2) is 41.3 Å². The van der Waals surface area contributed by atoms with Crippen molar-refractivity contribution in [3.8, 4) is 5.75 Å². The van der Waals surface area contributed by atoms with Crippen molar-refractivity contribution in [1.29, 1.82) is 0 Å². The van der Waals surface area contributed by atoms with E-state index in [1.807, 2.05) is 0 Å². The molecule has 0 saturated carbocycles. The number of hydrogen-bond acceptors (Lipinski definition) is 4. The molecule has 0 aliphatic heterocycles. The van der Waals surface area contributed by atoms with Gasteiger partial charge in [0.05, 0.1) is 28.5 Å². The Labute approximate surface area is 132 Å². The Morgan fingerprint density at radius 3 is 2.29 bits per heavy atom. The largest absolute Gasteiger partial charge is 0.495 e. The quantitative estimate of drug-likeness (QED) is 0.831. The van der Waals surface area contributed by atoms with Gasteiger partial charge in [0.2, 0.25) is 0 Å². The standard InChI is InChI=1S/C13H12Cl2N2O3S/c1-20-11-4-2-3-5-12(11)21(18,19)17-8-6-9(14)13(16)10(15)7-8/h2-7,17H,16H2,1H3. The lowest BCUT2D eigenvalue weighted by Gasteiger charge is -2.12. The smallest absolute Gasteiger partial charge is 0.265 e. The van der Waals surface area contributed by atoms with Gasteiger partial charge >= 0.3 is 0 Å². The van der Waals surface area contributed by atoms with E-state index < -0.39 is 10.0 Å². The first kappa shape index (κ1) is 15.8. The molecule has 0 saturated heterocycles. The van der Waals surface area contributed by atoms with Crippen LogP contribution >= 0.6 is 23.2 Å². The number of nitrogens with two attached hydrogens (primary N) is 1. The van der Waals surface area contributed by atoms with Crippen LogP contribution in [0, 0.1) is 0 Å². The molecule has 3 N–H and O–H groups in total. The third kappa shape index (κ3) is 3.34. The molecule has 2 aromatic rings. The van der Waals surface area contributed by atoms with Crippen LogP contribution < -0.4 is 15.2 Å². The molecule has 0 fully saturated rings. The summed E-state index contributed by atoms with van der Waals surface area (Å²) in [5, 5.41) is 0.334. The molecule has 0 aliphatic rings. The summed E-state index contributed by atoms with van der Waals surface area (Å²) in [6, 6.07) is 9.03. The van der Waals surface area contributed by atoms with Crippen molar-refractivity contribution < 1.29 is 13.2 Å². The van der Waals surface area contributed by atoms with E-state index in [-0.39, 0.29) is 32.1 Å². The molecule has 0 atom stereocenters. The average Bonchev–Trinajstić information content (AvgIpc) is 2.44. The average molecular weight is 347 g/mol. The predicted octanol–water partition coefficient (Wildman–Crippen LogP) is 3.39. The number of hydrogen-bond donors (Lipinski definition) is 2. The third-order valence-corrected chi connectivity index (χ3v) is 4.74. The number of halogens is 2. The van der Waals surface area contributed by atoms with Gasteiger partial charge < -0.3 is 10.5 Å². The topological polar surface area (TPSA) is 81.4 Å². The second-order valence-electron chi connectivity index (χ2n) is 4.11. The Morgan fingerprint density at radius 1 is 1.14 bits per heavy atom. The fraction of sp³-hybridized carbons (Fsp3) is 0.0769. The van der Waals surface area contributed by atoms with E-state index in [0.717, 1.165) is 0 Å². The van der Waals surface area contributed by atoms with Crippen LogP contribution in [0.2, 0.25) is 10.0 Å². The highest BCUT2D eigenvalue weighted by Gasteiger charge is 2.19. The van der Waals surface area contributed by atoms with Gasteiger partial charge in [-0.1, -0.05) is 35.3 Å². The summed E-state index contributed by atoms with van der Waals surface area (Å²) in [5.74, 6) is 0.234. The van der Waals surface area contributed by atoms with Crippen LogP contribution in [0.5, 0.6) is 5.75 Å². The van der Waals surface area contributed by atoms with E-state index in [2.05, 4.69) is 4.72 Å². The van der Waals surface area contributed by atoms with Crippen LogP contribution in [-0.4, -0.2) is 15.5 Å². The molecule has 2 rings (SSSR count). The number of rotatable bonds is 4. The van der Waals surface area contributed by atoms with Crippen LogP contribution in [0.25, 0.3) is 0 Å². The van der Waals surface area contributed by atoms with E-state index in [4.69, 9.17) is 33.7 Å². The molecule has 0 heterocycles. The molecule has 8 heteroatoms. The number of para-hydroxylation sites is 1. The summed E-state index contributed by atoms with van der Waals surface area (Å²) in [5.41, 5.74) is 6.02. The van der Waals surface area contributed by atoms with Gasteiger partial charge in [-0.2, -0.15) is 0 Å². The lowest BCUT2D eigenvalue weighted by molar-refractivity contribution is 0.403.